The quantitative estimate of drug-likeness (QED) is 0.816. The molecule has 1 N–H and O–H groups in total. The van der Waals surface area contributed by atoms with E-state index in [1.165, 1.54) is 12.1 Å². The van der Waals surface area contributed by atoms with Crippen molar-refractivity contribution in [1.29, 1.82) is 0 Å². The first-order valence-electron chi connectivity index (χ1n) is 7.94. The van der Waals surface area contributed by atoms with Crippen LogP contribution in [0.3, 0.4) is 0 Å². The third-order valence-electron chi connectivity index (χ3n) is 3.87. The molecule has 4 nitrogen and oxygen atoms in total. The minimum absolute atomic E-state index is 0.0534. The summed E-state index contributed by atoms with van der Waals surface area (Å²) in [6.07, 6.45) is 0. The number of carbonyl (C=O) groups excluding carboxylic acids is 1. The van der Waals surface area contributed by atoms with Crippen LogP contribution in [-0.2, 0) is 4.79 Å². The van der Waals surface area contributed by atoms with Crippen LogP contribution in [-0.4, -0.2) is 38.1 Å². The highest BCUT2D eigenvalue weighted by Gasteiger charge is 2.15. The molecule has 6 heteroatoms. The Balaban J connectivity index is 1.88. The summed E-state index contributed by atoms with van der Waals surface area (Å²) in [5, 5.41) is 3.51. The van der Waals surface area contributed by atoms with Gasteiger partial charge in [0.25, 0.3) is 5.91 Å². The van der Waals surface area contributed by atoms with E-state index in [9.17, 15) is 9.18 Å². The number of ether oxygens (including phenoxy) is 1. The van der Waals surface area contributed by atoms with E-state index < -0.39 is 0 Å². The highest BCUT2D eigenvalue weighted by Crippen LogP contribution is 2.21. The van der Waals surface area contributed by atoms with Crippen LogP contribution in [0.5, 0.6) is 5.75 Å². The summed E-state index contributed by atoms with van der Waals surface area (Å²) in [4.78, 5) is 14.0. The SMILES string of the molecule is Cc1cc(OCC(=O)NC[C@@H](c2ccc(F)cc2)N(C)C)ccc1Cl. The summed E-state index contributed by atoms with van der Waals surface area (Å²) in [7, 11) is 3.82. The minimum atomic E-state index is -0.281. The summed E-state index contributed by atoms with van der Waals surface area (Å²) in [5.41, 5.74) is 1.82. The topological polar surface area (TPSA) is 41.6 Å². The molecular formula is C19H22ClFN2O2. The summed E-state index contributed by atoms with van der Waals surface area (Å²) in [6, 6.07) is 11.5. The van der Waals surface area contributed by atoms with Crippen molar-refractivity contribution in [3.05, 3.63) is 64.4 Å². The van der Waals surface area contributed by atoms with E-state index in [0.29, 0.717) is 17.3 Å². The van der Waals surface area contributed by atoms with Gasteiger partial charge in [0.15, 0.2) is 6.61 Å². The number of aryl methyl sites for hydroxylation is 1. The molecule has 2 rings (SSSR count). The molecule has 0 saturated carbocycles. The van der Waals surface area contributed by atoms with Gasteiger partial charge in [-0.05, 0) is 62.5 Å². The van der Waals surface area contributed by atoms with E-state index >= 15 is 0 Å². The molecule has 25 heavy (non-hydrogen) atoms. The maximum atomic E-state index is 13.1. The van der Waals surface area contributed by atoms with E-state index in [2.05, 4.69) is 5.32 Å². The van der Waals surface area contributed by atoms with Crippen molar-refractivity contribution in [2.45, 2.75) is 13.0 Å². The molecule has 1 amide bonds. The van der Waals surface area contributed by atoms with E-state index in [-0.39, 0.29) is 24.4 Å². The van der Waals surface area contributed by atoms with E-state index in [0.717, 1.165) is 11.1 Å². The van der Waals surface area contributed by atoms with Crippen molar-refractivity contribution < 1.29 is 13.9 Å². The first-order chi connectivity index (χ1) is 11.9. The standard InChI is InChI=1S/C19H22ClFN2O2/c1-13-10-16(8-9-17(13)20)25-12-19(24)22-11-18(23(2)3)14-4-6-15(21)7-5-14/h4-10,18H,11-12H2,1-3H3,(H,22,24)/t18-/m0/s1. The van der Waals surface area contributed by atoms with Crippen LogP contribution in [0.2, 0.25) is 5.02 Å². The molecule has 1 atom stereocenters. The van der Waals surface area contributed by atoms with Gasteiger partial charge in [0.05, 0.1) is 6.04 Å². The van der Waals surface area contributed by atoms with E-state index in [1.54, 1.807) is 30.3 Å². The second-order valence-corrected chi connectivity index (χ2v) is 6.44. The Hall–Kier alpha value is -2.11. The fourth-order valence-corrected chi connectivity index (χ4v) is 2.52. The van der Waals surface area contributed by atoms with Crippen LogP contribution >= 0.6 is 11.6 Å². The summed E-state index contributed by atoms with van der Waals surface area (Å²) in [5.74, 6) is 0.0956. The molecule has 0 aliphatic rings. The average Bonchev–Trinajstić information content (AvgIpc) is 2.57. The van der Waals surface area contributed by atoms with Gasteiger partial charge in [-0.2, -0.15) is 0 Å². The Morgan fingerprint density at radius 2 is 1.92 bits per heavy atom. The zero-order valence-electron chi connectivity index (χ0n) is 14.6. The molecule has 0 aliphatic carbocycles. The van der Waals surface area contributed by atoms with Gasteiger partial charge in [0, 0.05) is 11.6 Å². The number of halogens is 2. The van der Waals surface area contributed by atoms with Crippen LogP contribution in [0.4, 0.5) is 4.39 Å². The fraction of sp³-hybridized carbons (Fsp3) is 0.316. The predicted molar refractivity (Wildman–Crippen MR) is 97.5 cm³/mol. The number of likely N-dealkylation sites (N-methyl/N-ethyl adjacent to an activating group) is 1. The number of carbonyl (C=O) groups is 1. The lowest BCUT2D eigenvalue weighted by atomic mass is 10.1. The summed E-state index contributed by atoms with van der Waals surface area (Å²) < 4.78 is 18.6. The van der Waals surface area contributed by atoms with E-state index in [4.69, 9.17) is 16.3 Å². The van der Waals surface area contributed by atoms with Crippen molar-refractivity contribution in [3.8, 4) is 5.75 Å². The number of rotatable bonds is 7. The van der Waals surface area contributed by atoms with E-state index in [1.807, 2.05) is 25.9 Å². The lowest BCUT2D eigenvalue weighted by molar-refractivity contribution is -0.123. The molecule has 0 saturated heterocycles. The molecule has 2 aromatic carbocycles. The van der Waals surface area contributed by atoms with Gasteiger partial charge in [0.1, 0.15) is 11.6 Å². The maximum absolute atomic E-state index is 13.1. The Labute approximate surface area is 152 Å². The van der Waals surface area contributed by atoms with Crippen molar-refractivity contribution in [2.24, 2.45) is 0 Å². The van der Waals surface area contributed by atoms with Crippen LogP contribution in [0, 0.1) is 12.7 Å². The van der Waals surface area contributed by atoms with Gasteiger partial charge in [-0.1, -0.05) is 23.7 Å². The van der Waals surface area contributed by atoms with Crippen molar-refractivity contribution in [3.63, 3.8) is 0 Å². The van der Waals surface area contributed by atoms with Gasteiger partial charge in [-0.15, -0.1) is 0 Å². The first kappa shape index (κ1) is 19.2. The Kier molecular flexibility index (Phi) is 6.79. The van der Waals surface area contributed by atoms with Gasteiger partial charge in [-0.25, -0.2) is 4.39 Å². The number of hydrogen-bond acceptors (Lipinski definition) is 3. The average molecular weight is 365 g/mol. The molecule has 0 unspecified atom stereocenters. The molecule has 0 radical (unpaired) electrons. The van der Waals surface area contributed by atoms with Gasteiger partial charge < -0.3 is 15.0 Å². The molecular weight excluding hydrogens is 343 g/mol. The van der Waals surface area contributed by atoms with Crippen molar-refractivity contribution >= 4 is 17.5 Å². The van der Waals surface area contributed by atoms with Gasteiger partial charge >= 0.3 is 0 Å². The number of nitrogens with one attached hydrogen (secondary N) is 1. The zero-order valence-corrected chi connectivity index (χ0v) is 15.3. The highest BCUT2D eigenvalue weighted by atomic mass is 35.5. The van der Waals surface area contributed by atoms with Gasteiger partial charge in [0.2, 0.25) is 0 Å². The Bertz CT molecular complexity index is 720. The molecule has 0 aliphatic heterocycles. The van der Waals surface area contributed by atoms with Crippen molar-refractivity contribution in [2.75, 3.05) is 27.2 Å². The van der Waals surface area contributed by atoms with Crippen LogP contribution in [0.1, 0.15) is 17.2 Å². The number of amides is 1. The molecule has 2 aromatic rings. The second kappa shape index (κ2) is 8.83. The third-order valence-corrected chi connectivity index (χ3v) is 4.29. The Morgan fingerprint density at radius 3 is 2.52 bits per heavy atom. The number of hydrogen-bond donors (Lipinski definition) is 1. The Morgan fingerprint density at radius 1 is 1.24 bits per heavy atom. The summed E-state index contributed by atoms with van der Waals surface area (Å²) >= 11 is 5.96. The molecule has 0 bridgehead atoms. The monoisotopic (exact) mass is 364 g/mol. The molecule has 0 heterocycles. The zero-order chi connectivity index (χ0) is 18.4. The first-order valence-corrected chi connectivity index (χ1v) is 8.32. The highest BCUT2D eigenvalue weighted by molar-refractivity contribution is 6.31. The number of benzene rings is 2. The third kappa shape index (κ3) is 5.73. The molecule has 0 fully saturated rings. The lowest BCUT2D eigenvalue weighted by Crippen LogP contribution is -2.36. The molecule has 134 valence electrons. The lowest BCUT2D eigenvalue weighted by Gasteiger charge is -2.25. The normalized spacial score (nSPS) is 12.1. The number of nitrogens with zero attached hydrogens (tertiary/aromatic N) is 1. The smallest absolute Gasteiger partial charge is 0.258 e. The van der Waals surface area contributed by atoms with Gasteiger partial charge in [-0.3, -0.25) is 4.79 Å². The fourth-order valence-electron chi connectivity index (χ4n) is 2.40. The van der Waals surface area contributed by atoms with Crippen LogP contribution < -0.4 is 10.1 Å². The van der Waals surface area contributed by atoms with Crippen LogP contribution in [0.15, 0.2) is 42.5 Å². The maximum Gasteiger partial charge on any atom is 0.258 e. The molecule has 0 aromatic heterocycles. The van der Waals surface area contributed by atoms with Crippen LogP contribution in [0.25, 0.3) is 0 Å². The summed E-state index contributed by atoms with van der Waals surface area (Å²) in [6.45, 7) is 2.20. The molecule has 0 spiro atoms. The minimum Gasteiger partial charge on any atom is -0.484 e. The second-order valence-electron chi connectivity index (χ2n) is 6.03. The van der Waals surface area contributed by atoms with Crippen molar-refractivity contribution in [1.82, 2.24) is 10.2 Å². The largest absolute Gasteiger partial charge is 0.484 e. The predicted octanol–water partition coefficient (Wildman–Crippen LogP) is 3.59.